The zero-order chi connectivity index (χ0) is 20.8. The van der Waals surface area contributed by atoms with E-state index in [-0.39, 0.29) is 17.9 Å². The molecule has 0 spiro atoms. The van der Waals surface area contributed by atoms with Crippen molar-refractivity contribution in [3.8, 4) is 11.4 Å². The minimum absolute atomic E-state index is 0.0303. The number of rotatable bonds is 8. The Balaban J connectivity index is 1.72. The van der Waals surface area contributed by atoms with Gasteiger partial charge in [-0.2, -0.15) is 4.98 Å². The summed E-state index contributed by atoms with van der Waals surface area (Å²) in [6, 6.07) is 15.3. The highest BCUT2D eigenvalue weighted by atomic mass is 35.5. The Labute approximate surface area is 176 Å². The third-order valence-electron chi connectivity index (χ3n) is 5.15. The number of nitrogens with one attached hydrogen (secondary N) is 1. The summed E-state index contributed by atoms with van der Waals surface area (Å²) in [5.74, 6) is 1.01. The van der Waals surface area contributed by atoms with Crippen molar-refractivity contribution in [2.75, 3.05) is 0 Å². The number of hydrogen-bond donors (Lipinski definition) is 1. The van der Waals surface area contributed by atoms with Gasteiger partial charge in [-0.3, -0.25) is 4.79 Å². The van der Waals surface area contributed by atoms with Gasteiger partial charge in [-0.1, -0.05) is 79.5 Å². The highest BCUT2D eigenvalue weighted by molar-refractivity contribution is 6.31. The summed E-state index contributed by atoms with van der Waals surface area (Å²) < 4.78 is 5.52. The molecule has 2 aromatic carbocycles. The van der Waals surface area contributed by atoms with Gasteiger partial charge in [0.25, 0.3) is 0 Å². The minimum atomic E-state index is -0.328. The Bertz CT molecular complexity index is 956. The molecule has 0 bridgehead atoms. The summed E-state index contributed by atoms with van der Waals surface area (Å²) in [6.45, 7) is 6.08. The lowest BCUT2D eigenvalue weighted by molar-refractivity contribution is -0.122. The van der Waals surface area contributed by atoms with Crippen LogP contribution in [0.4, 0.5) is 0 Å². The van der Waals surface area contributed by atoms with Gasteiger partial charge in [-0.05, 0) is 36.5 Å². The van der Waals surface area contributed by atoms with E-state index in [2.05, 4.69) is 29.3 Å². The molecule has 152 valence electrons. The number of nitrogens with zero attached hydrogens (tertiary/aromatic N) is 2. The molecule has 29 heavy (non-hydrogen) atoms. The Hall–Kier alpha value is -2.66. The zero-order valence-electron chi connectivity index (χ0n) is 17.0. The number of carbonyl (C=O) groups is 1. The molecule has 5 nitrogen and oxygen atoms in total. The van der Waals surface area contributed by atoms with Crippen LogP contribution in [0.1, 0.15) is 49.7 Å². The highest BCUT2D eigenvalue weighted by Gasteiger charge is 2.26. The van der Waals surface area contributed by atoms with Gasteiger partial charge >= 0.3 is 0 Å². The van der Waals surface area contributed by atoms with Gasteiger partial charge < -0.3 is 9.84 Å². The number of halogens is 1. The molecule has 3 aromatic rings. The first kappa shape index (κ1) is 21.1. The second-order valence-electron chi connectivity index (χ2n) is 7.34. The third-order valence-corrected chi connectivity index (χ3v) is 5.56. The molecule has 1 aromatic heterocycles. The van der Waals surface area contributed by atoms with Gasteiger partial charge in [-0.15, -0.1) is 0 Å². The van der Waals surface area contributed by atoms with Crippen LogP contribution in [0, 0.1) is 12.8 Å². The highest BCUT2D eigenvalue weighted by Crippen LogP contribution is 2.27. The SMILES string of the molecule is CCC(C)C(NC(=O)CCc1ccccc1)c1nc(-c2ccc(C)c(Cl)c2)no1. The largest absolute Gasteiger partial charge is 0.344 e. The number of aromatic nitrogens is 2. The Morgan fingerprint density at radius 2 is 1.97 bits per heavy atom. The zero-order valence-corrected chi connectivity index (χ0v) is 17.7. The average Bonchev–Trinajstić information content (AvgIpc) is 3.22. The van der Waals surface area contributed by atoms with Crippen LogP contribution in [-0.2, 0) is 11.2 Å². The summed E-state index contributed by atoms with van der Waals surface area (Å²) in [6.07, 6.45) is 1.97. The van der Waals surface area contributed by atoms with Gasteiger partial charge in [-0.25, -0.2) is 0 Å². The Morgan fingerprint density at radius 3 is 2.66 bits per heavy atom. The summed E-state index contributed by atoms with van der Waals surface area (Å²) in [5.41, 5.74) is 2.91. The van der Waals surface area contributed by atoms with Gasteiger partial charge in [0, 0.05) is 17.0 Å². The molecule has 0 saturated carbocycles. The van der Waals surface area contributed by atoms with Crippen LogP contribution in [0.3, 0.4) is 0 Å². The molecule has 2 unspecified atom stereocenters. The Morgan fingerprint density at radius 1 is 1.21 bits per heavy atom. The topological polar surface area (TPSA) is 68.0 Å². The number of benzene rings is 2. The maximum atomic E-state index is 12.6. The lowest BCUT2D eigenvalue weighted by Gasteiger charge is -2.20. The predicted molar refractivity (Wildman–Crippen MR) is 115 cm³/mol. The number of amides is 1. The lowest BCUT2D eigenvalue weighted by Crippen LogP contribution is -2.32. The molecule has 6 heteroatoms. The lowest BCUT2D eigenvalue weighted by atomic mass is 9.98. The maximum absolute atomic E-state index is 12.6. The van der Waals surface area contributed by atoms with Crippen molar-refractivity contribution < 1.29 is 9.32 Å². The number of aryl methyl sites for hydroxylation is 2. The summed E-state index contributed by atoms with van der Waals surface area (Å²) >= 11 is 6.22. The standard InChI is InChI=1S/C23H26ClN3O2/c1-4-15(2)21(25-20(28)13-11-17-8-6-5-7-9-17)23-26-22(27-29-23)18-12-10-16(3)19(24)14-18/h5-10,12,14-15,21H,4,11,13H2,1-3H3,(H,25,28). The fourth-order valence-electron chi connectivity index (χ4n) is 3.04. The Kier molecular flexibility index (Phi) is 7.04. The van der Waals surface area contributed by atoms with E-state index in [1.54, 1.807) is 0 Å². The van der Waals surface area contributed by atoms with E-state index in [0.29, 0.717) is 29.6 Å². The molecular weight excluding hydrogens is 386 g/mol. The molecule has 0 fully saturated rings. The van der Waals surface area contributed by atoms with Crippen LogP contribution in [0.5, 0.6) is 0 Å². The summed E-state index contributed by atoms with van der Waals surface area (Å²) in [5, 5.41) is 7.83. The summed E-state index contributed by atoms with van der Waals surface area (Å²) in [4.78, 5) is 17.1. The molecule has 2 atom stereocenters. The third kappa shape index (κ3) is 5.45. The van der Waals surface area contributed by atoms with Crippen LogP contribution in [0.15, 0.2) is 53.1 Å². The van der Waals surface area contributed by atoms with E-state index in [1.807, 2.05) is 55.5 Å². The monoisotopic (exact) mass is 411 g/mol. The molecular formula is C23H26ClN3O2. The quantitative estimate of drug-likeness (QED) is 0.528. The fraction of sp³-hybridized carbons (Fsp3) is 0.348. The first-order valence-electron chi connectivity index (χ1n) is 9.91. The average molecular weight is 412 g/mol. The molecule has 0 aliphatic rings. The molecule has 0 aliphatic carbocycles. The maximum Gasteiger partial charge on any atom is 0.249 e. The molecule has 0 radical (unpaired) electrons. The van der Waals surface area contributed by atoms with E-state index < -0.39 is 0 Å². The minimum Gasteiger partial charge on any atom is -0.344 e. The number of hydrogen-bond acceptors (Lipinski definition) is 4. The van der Waals surface area contributed by atoms with Gasteiger partial charge in [0.15, 0.2) is 0 Å². The molecule has 0 aliphatic heterocycles. The molecule has 0 saturated heterocycles. The van der Waals surface area contributed by atoms with Crippen molar-refractivity contribution in [3.63, 3.8) is 0 Å². The first-order chi connectivity index (χ1) is 14.0. The molecule has 1 N–H and O–H groups in total. The van der Waals surface area contributed by atoms with Crippen molar-refractivity contribution in [1.29, 1.82) is 0 Å². The van der Waals surface area contributed by atoms with Crippen LogP contribution < -0.4 is 5.32 Å². The van der Waals surface area contributed by atoms with Gasteiger partial charge in [0.05, 0.1) is 0 Å². The smallest absolute Gasteiger partial charge is 0.249 e. The van der Waals surface area contributed by atoms with Crippen molar-refractivity contribution in [1.82, 2.24) is 15.5 Å². The van der Waals surface area contributed by atoms with Gasteiger partial charge in [0.2, 0.25) is 17.6 Å². The second-order valence-corrected chi connectivity index (χ2v) is 7.74. The van der Waals surface area contributed by atoms with Crippen LogP contribution in [-0.4, -0.2) is 16.0 Å². The number of carbonyl (C=O) groups excluding carboxylic acids is 1. The molecule has 1 heterocycles. The van der Waals surface area contributed by atoms with Crippen LogP contribution >= 0.6 is 11.6 Å². The van der Waals surface area contributed by atoms with Crippen molar-refractivity contribution in [2.45, 2.75) is 46.1 Å². The van der Waals surface area contributed by atoms with E-state index >= 15 is 0 Å². The van der Waals surface area contributed by atoms with E-state index in [4.69, 9.17) is 16.1 Å². The van der Waals surface area contributed by atoms with Crippen molar-refractivity contribution in [2.24, 2.45) is 5.92 Å². The van der Waals surface area contributed by atoms with Gasteiger partial charge in [0.1, 0.15) is 6.04 Å². The normalized spacial score (nSPS) is 13.1. The summed E-state index contributed by atoms with van der Waals surface area (Å²) in [7, 11) is 0. The first-order valence-corrected chi connectivity index (χ1v) is 10.3. The second kappa shape index (κ2) is 9.70. The van der Waals surface area contributed by atoms with Crippen molar-refractivity contribution >= 4 is 17.5 Å². The van der Waals surface area contributed by atoms with E-state index in [1.165, 1.54) is 0 Å². The predicted octanol–water partition coefficient (Wildman–Crippen LogP) is 5.53. The van der Waals surface area contributed by atoms with Crippen molar-refractivity contribution in [3.05, 3.63) is 70.6 Å². The van der Waals surface area contributed by atoms with Crippen LogP contribution in [0.25, 0.3) is 11.4 Å². The van der Waals surface area contributed by atoms with Crippen LogP contribution in [0.2, 0.25) is 5.02 Å². The van der Waals surface area contributed by atoms with E-state index in [9.17, 15) is 4.79 Å². The fourth-order valence-corrected chi connectivity index (χ4v) is 3.22. The molecule has 1 amide bonds. The van der Waals surface area contributed by atoms with E-state index in [0.717, 1.165) is 23.1 Å². The molecule has 3 rings (SSSR count).